The van der Waals surface area contributed by atoms with Gasteiger partial charge in [0.2, 0.25) is 0 Å². The third-order valence-corrected chi connectivity index (χ3v) is 2.68. The van der Waals surface area contributed by atoms with Crippen molar-refractivity contribution in [1.29, 1.82) is 0 Å². The molecular formula is C14H16FN3. The monoisotopic (exact) mass is 245 g/mol. The first-order valence-corrected chi connectivity index (χ1v) is 5.93. The highest BCUT2D eigenvalue weighted by Gasteiger charge is 2.09. The van der Waals surface area contributed by atoms with Crippen LogP contribution in [0.2, 0.25) is 0 Å². The third kappa shape index (κ3) is 2.64. The maximum Gasteiger partial charge on any atom is 0.161 e. The predicted molar refractivity (Wildman–Crippen MR) is 71.1 cm³/mol. The molecule has 1 N–H and O–H groups in total. The van der Waals surface area contributed by atoms with Crippen LogP contribution >= 0.6 is 0 Å². The maximum atomic E-state index is 13.2. The van der Waals surface area contributed by atoms with E-state index in [0.29, 0.717) is 17.3 Å². The van der Waals surface area contributed by atoms with Gasteiger partial charge in [0.1, 0.15) is 11.6 Å². The van der Waals surface area contributed by atoms with Gasteiger partial charge in [-0.2, -0.15) is 0 Å². The van der Waals surface area contributed by atoms with E-state index in [0.717, 1.165) is 11.5 Å². The molecule has 3 nitrogen and oxygen atoms in total. The van der Waals surface area contributed by atoms with Crippen LogP contribution in [0.15, 0.2) is 30.3 Å². The summed E-state index contributed by atoms with van der Waals surface area (Å²) in [5.41, 5.74) is 1.63. The molecule has 0 fully saturated rings. The fraction of sp³-hybridized carbons (Fsp3) is 0.286. The van der Waals surface area contributed by atoms with Gasteiger partial charge >= 0.3 is 0 Å². The molecule has 0 saturated carbocycles. The van der Waals surface area contributed by atoms with E-state index in [-0.39, 0.29) is 5.82 Å². The Morgan fingerprint density at radius 3 is 2.56 bits per heavy atom. The Bertz CT molecular complexity index is 552. The van der Waals surface area contributed by atoms with Crippen LogP contribution < -0.4 is 5.32 Å². The molecule has 1 heterocycles. The molecule has 2 aromatic rings. The van der Waals surface area contributed by atoms with Gasteiger partial charge in [-0.3, -0.25) is 0 Å². The van der Waals surface area contributed by atoms with Crippen molar-refractivity contribution < 1.29 is 4.39 Å². The molecular weight excluding hydrogens is 229 g/mol. The Balaban J connectivity index is 2.53. The first kappa shape index (κ1) is 12.5. The van der Waals surface area contributed by atoms with Crippen LogP contribution in [0, 0.1) is 5.82 Å². The van der Waals surface area contributed by atoms with Crippen LogP contribution in [-0.2, 0) is 0 Å². The first-order valence-electron chi connectivity index (χ1n) is 5.93. The summed E-state index contributed by atoms with van der Waals surface area (Å²) in [6, 6.07) is 8.23. The van der Waals surface area contributed by atoms with Crippen molar-refractivity contribution in [2.24, 2.45) is 0 Å². The van der Waals surface area contributed by atoms with Gasteiger partial charge < -0.3 is 5.32 Å². The Labute approximate surface area is 106 Å². The van der Waals surface area contributed by atoms with Crippen LogP contribution in [0.25, 0.3) is 11.4 Å². The smallest absolute Gasteiger partial charge is 0.161 e. The van der Waals surface area contributed by atoms with Crippen molar-refractivity contribution in [1.82, 2.24) is 9.97 Å². The molecule has 0 bridgehead atoms. The molecule has 1 aromatic carbocycles. The van der Waals surface area contributed by atoms with E-state index in [4.69, 9.17) is 0 Å². The summed E-state index contributed by atoms with van der Waals surface area (Å²) >= 11 is 0. The average Bonchev–Trinajstić information content (AvgIpc) is 2.38. The normalized spacial score (nSPS) is 10.7. The Kier molecular flexibility index (Phi) is 3.55. The lowest BCUT2D eigenvalue weighted by Gasteiger charge is -2.10. The number of nitrogens with one attached hydrogen (secondary N) is 1. The quantitative estimate of drug-likeness (QED) is 0.900. The molecule has 18 heavy (non-hydrogen) atoms. The van der Waals surface area contributed by atoms with Gasteiger partial charge in [-0.25, -0.2) is 14.4 Å². The zero-order valence-electron chi connectivity index (χ0n) is 10.7. The highest BCUT2D eigenvalue weighted by atomic mass is 19.1. The van der Waals surface area contributed by atoms with E-state index in [1.807, 2.05) is 19.2 Å². The number of anilines is 1. The van der Waals surface area contributed by atoms with Crippen molar-refractivity contribution >= 4 is 5.82 Å². The van der Waals surface area contributed by atoms with Gasteiger partial charge in [-0.15, -0.1) is 0 Å². The molecule has 2 rings (SSSR count). The topological polar surface area (TPSA) is 37.8 Å². The summed E-state index contributed by atoms with van der Waals surface area (Å²) in [5.74, 6) is 1.31. The van der Waals surface area contributed by atoms with Gasteiger partial charge in [0.15, 0.2) is 5.82 Å². The summed E-state index contributed by atoms with van der Waals surface area (Å²) in [4.78, 5) is 8.83. The largest absolute Gasteiger partial charge is 0.373 e. The first-order chi connectivity index (χ1) is 8.60. The number of hydrogen-bond acceptors (Lipinski definition) is 3. The van der Waals surface area contributed by atoms with Gasteiger partial charge in [-0.05, 0) is 18.1 Å². The SMILES string of the molecule is CNc1cc(C(C)C)nc(-c2cccc(F)c2)n1. The molecule has 1 aromatic heterocycles. The maximum absolute atomic E-state index is 13.2. The molecule has 0 spiro atoms. The highest BCUT2D eigenvalue weighted by molar-refractivity contribution is 5.57. The zero-order chi connectivity index (χ0) is 13.1. The zero-order valence-corrected chi connectivity index (χ0v) is 10.7. The summed E-state index contributed by atoms with van der Waals surface area (Å²) in [5, 5.41) is 3.00. The lowest BCUT2D eigenvalue weighted by atomic mass is 10.1. The number of aromatic nitrogens is 2. The van der Waals surface area contributed by atoms with Crippen molar-refractivity contribution in [2.75, 3.05) is 12.4 Å². The molecule has 0 aliphatic heterocycles. The molecule has 0 amide bonds. The van der Waals surface area contributed by atoms with Crippen LogP contribution in [-0.4, -0.2) is 17.0 Å². The Morgan fingerprint density at radius 1 is 1.17 bits per heavy atom. The van der Waals surface area contributed by atoms with E-state index in [1.165, 1.54) is 12.1 Å². The number of nitrogens with zero attached hydrogens (tertiary/aromatic N) is 2. The van der Waals surface area contributed by atoms with E-state index in [1.54, 1.807) is 6.07 Å². The van der Waals surface area contributed by atoms with E-state index >= 15 is 0 Å². The van der Waals surface area contributed by atoms with Gasteiger partial charge in [0, 0.05) is 24.4 Å². The number of benzene rings is 1. The second-order valence-electron chi connectivity index (χ2n) is 4.42. The number of hydrogen-bond donors (Lipinski definition) is 1. The fourth-order valence-electron chi connectivity index (χ4n) is 1.65. The fourth-order valence-corrected chi connectivity index (χ4v) is 1.65. The van der Waals surface area contributed by atoms with Gasteiger partial charge in [0.05, 0.1) is 0 Å². The third-order valence-electron chi connectivity index (χ3n) is 2.68. The van der Waals surface area contributed by atoms with Crippen LogP contribution in [0.1, 0.15) is 25.5 Å². The molecule has 0 unspecified atom stereocenters. The van der Waals surface area contributed by atoms with Crippen LogP contribution in [0.3, 0.4) is 0 Å². The number of halogens is 1. The van der Waals surface area contributed by atoms with Crippen molar-refractivity contribution in [3.05, 3.63) is 41.8 Å². The summed E-state index contributed by atoms with van der Waals surface area (Å²) in [6.07, 6.45) is 0. The molecule has 4 heteroatoms. The van der Waals surface area contributed by atoms with Crippen molar-refractivity contribution in [3.8, 4) is 11.4 Å². The Hall–Kier alpha value is -1.97. The molecule has 0 saturated heterocycles. The molecule has 94 valence electrons. The lowest BCUT2D eigenvalue weighted by Crippen LogP contribution is -2.02. The van der Waals surface area contributed by atoms with Crippen LogP contribution in [0.4, 0.5) is 10.2 Å². The van der Waals surface area contributed by atoms with E-state index in [9.17, 15) is 4.39 Å². The van der Waals surface area contributed by atoms with E-state index < -0.39 is 0 Å². The second kappa shape index (κ2) is 5.12. The minimum Gasteiger partial charge on any atom is -0.373 e. The average molecular weight is 245 g/mol. The summed E-state index contributed by atoms with van der Waals surface area (Å²) in [6.45, 7) is 4.13. The highest BCUT2D eigenvalue weighted by Crippen LogP contribution is 2.22. The molecule has 0 aliphatic carbocycles. The number of rotatable bonds is 3. The molecule has 0 atom stereocenters. The standard InChI is InChI=1S/C14H16FN3/c1-9(2)12-8-13(16-3)18-14(17-12)10-5-4-6-11(15)7-10/h4-9H,1-3H3,(H,16,17,18). The van der Waals surface area contributed by atoms with Crippen LogP contribution in [0.5, 0.6) is 0 Å². The van der Waals surface area contributed by atoms with E-state index in [2.05, 4.69) is 29.1 Å². The van der Waals surface area contributed by atoms with Gasteiger partial charge in [0.25, 0.3) is 0 Å². The Morgan fingerprint density at radius 2 is 1.94 bits per heavy atom. The summed E-state index contributed by atoms with van der Waals surface area (Å²) in [7, 11) is 1.81. The molecule has 0 aliphatic rings. The minimum atomic E-state index is -0.281. The predicted octanol–water partition coefficient (Wildman–Crippen LogP) is 3.45. The lowest BCUT2D eigenvalue weighted by molar-refractivity contribution is 0.628. The van der Waals surface area contributed by atoms with Crippen molar-refractivity contribution in [2.45, 2.75) is 19.8 Å². The molecule has 0 radical (unpaired) electrons. The summed E-state index contributed by atoms with van der Waals surface area (Å²) < 4.78 is 13.2. The van der Waals surface area contributed by atoms with Gasteiger partial charge in [-0.1, -0.05) is 26.0 Å². The minimum absolute atomic E-state index is 0.281. The van der Waals surface area contributed by atoms with Crippen molar-refractivity contribution in [3.63, 3.8) is 0 Å². The second-order valence-corrected chi connectivity index (χ2v) is 4.42.